The van der Waals surface area contributed by atoms with Gasteiger partial charge in [0.05, 0.1) is 25.7 Å². The third kappa shape index (κ3) is 5.14. The van der Waals surface area contributed by atoms with Crippen molar-refractivity contribution in [1.29, 1.82) is 0 Å². The van der Waals surface area contributed by atoms with Gasteiger partial charge in [0.25, 0.3) is 0 Å². The normalized spacial score (nSPS) is 26.3. The Labute approximate surface area is 91.1 Å². The summed E-state index contributed by atoms with van der Waals surface area (Å²) in [4.78, 5) is 11.0. The van der Waals surface area contributed by atoms with Gasteiger partial charge >= 0.3 is 5.97 Å². The smallest absolute Gasteiger partial charge is 0.308 e. The molecule has 4 heteroatoms. The number of nitrogens with two attached hydrogens (primary N) is 1. The van der Waals surface area contributed by atoms with Crippen molar-refractivity contribution in [2.75, 3.05) is 13.2 Å². The standard InChI is InChI=1S/C11H21NO3/c1-2-14-11(13)7-8-15-10-5-3-9(12)4-6-10/h9-10H,2-8,12H2,1H3. The zero-order valence-corrected chi connectivity index (χ0v) is 9.41. The van der Waals surface area contributed by atoms with E-state index in [2.05, 4.69) is 0 Å². The van der Waals surface area contributed by atoms with Gasteiger partial charge in [-0.05, 0) is 32.6 Å². The Balaban J connectivity index is 2.02. The second kappa shape index (κ2) is 6.80. The van der Waals surface area contributed by atoms with Gasteiger partial charge in [0.1, 0.15) is 0 Å². The predicted octanol–water partition coefficient (Wildman–Crippen LogP) is 1.23. The van der Waals surface area contributed by atoms with Gasteiger partial charge in [-0.3, -0.25) is 4.79 Å². The van der Waals surface area contributed by atoms with E-state index in [1.807, 2.05) is 0 Å². The van der Waals surface area contributed by atoms with Crippen LogP contribution >= 0.6 is 0 Å². The molecule has 15 heavy (non-hydrogen) atoms. The number of rotatable bonds is 5. The number of esters is 1. The van der Waals surface area contributed by atoms with Gasteiger partial charge in [-0.15, -0.1) is 0 Å². The molecule has 1 aliphatic carbocycles. The molecule has 0 heterocycles. The average molecular weight is 215 g/mol. The molecule has 0 bridgehead atoms. The number of ether oxygens (including phenoxy) is 2. The second-order valence-corrected chi connectivity index (χ2v) is 3.96. The summed E-state index contributed by atoms with van der Waals surface area (Å²) in [5, 5.41) is 0. The SMILES string of the molecule is CCOC(=O)CCOC1CCC(N)CC1. The lowest BCUT2D eigenvalue weighted by Gasteiger charge is -2.25. The first kappa shape index (κ1) is 12.5. The molecule has 88 valence electrons. The molecule has 0 spiro atoms. The molecule has 1 aliphatic rings. The topological polar surface area (TPSA) is 61.5 Å². The van der Waals surface area contributed by atoms with Crippen molar-refractivity contribution in [2.24, 2.45) is 5.73 Å². The van der Waals surface area contributed by atoms with Gasteiger partial charge in [-0.25, -0.2) is 0 Å². The van der Waals surface area contributed by atoms with Crippen LogP contribution in [0.4, 0.5) is 0 Å². The Bertz CT molecular complexity index is 188. The fourth-order valence-corrected chi connectivity index (χ4v) is 1.80. The summed E-state index contributed by atoms with van der Waals surface area (Å²) in [6.45, 7) is 2.72. The summed E-state index contributed by atoms with van der Waals surface area (Å²) in [5.41, 5.74) is 5.78. The van der Waals surface area contributed by atoms with Crippen LogP contribution in [0, 0.1) is 0 Å². The molecule has 1 saturated carbocycles. The van der Waals surface area contributed by atoms with E-state index in [-0.39, 0.29) is 5.97 Å². The summed E-state index contributed by atoms with van der Waals surface area (Å²) >= 11 is 0. The maximum absolute atomic E-state index is 11.0. The minimum Gasteiger partial charge on any atom is -0.466 e. The van der Waals surface area contributed by atoms with E-state index < -0.39 is 0 Å². The Kier molecular flexibility index (Phi) is 5.65. The highest BCUT2D eigenvalue weighted by atomic mass is 16.5. The zero-order valence-electron chi connectivity index (χ0n) is 9.41. The van der Waals surface area contributed by atoms with Crippen LogP contribution in [-0.2, 0) is 14.3 Å². The van der Waals surface area contributed by atoms with Crippen LogP contribution in [0.5, 0.6) is 0 Å². The Morgan fingerprint density at radius 1 is 1.33 bits per heavy atom. The number of hydrogen-bond acceptors (Lipinski definition) is 4. The molecule has 1 fully saturated rings. The highest BCUT2D eigenvalue weighted by Crippen LogP contribution is 2.19. The lowest BCUT2D eigenvalue weighted by molar-refractivity contribution is -0.144. The molecule has 0 atom stereocenters. The molecule has 0 unspecified atom stereocenters. The molecule has 0 aliphatic heterocycles. The van der Waals surface area contributed by atoms with Crippen LogP contribution in [0.25, 0.3) is 0 Å². The van der Waals surface area contributed by atoms with E-state index in [0.29, 0.717) is 31.8 Å². The average Bonchev–Trinajstić information content (AvgIpc) is 2.21. The maximum Gasteiger partial charge on any atom is 0.308 e. The van der Waals surface area contributed by atoms with Crippen molar-refractivity contribution >= 4 is 5.97 Å². The fourth-order valence-electron chi connectivity index (χ4n) is 1.80. The summed E-state index contributed by atoms with van der Waals surface area (Å²) in [6, 6.07) is 0.343. The van der Waals surface area contributed by atoms with Crippen molar-refractivity contribution in [3.05, 3.63) is 0 Å². The summed E-state index contributed by atoms with van der Waals surface area (Å²) < 4.78 is 10.4. The number of carbonyl (C=O) groups is 1. The molecule has 0 saturated heterocycles. The van der Waals surface area contributed by atoms with E-state index in [9.17, 15) is 4.79 Å². The largest absolute Gasteiger partial charge is 0.466 e. The molecule has 4 nitrogen and oxygen atoms in total. The molecule has 1 rings (SSSR count). The third-order valence-corrected chi connectivity index (χ3v) is 2.68. The van der Waals surface area contributed by atoms with E-state index in [1.54, 1.807) is 6.92 Å². The molecule has 0 amide bonds. The van der Waals surface area contributed by atoms with Crippen LogP contribution < -0.4 is 5.73 Å². The van der Waals surface area contributed by atoms with Crippen LogP contribution in [-0.4, -0.2) is 31.3 Å². The summed E-state index contributed by atoms with van der Waals surface area (Å²) in [5.74, 6) is -0.176. The lowest BCUT2D eigenvalue weighted by atomic mass is 9.94. The van der Waals surface area contributed by atoms with Gasteiger partial charge in [0.2, 0.25) is 0 Å². The molecular weight excluding hydrogens is 194 g/mol. The Morgan fingerprint density at radius 3 is 2.60 bits per heavy atom. The first-order chi connectivity index (χ1) is 7.22. The van der Waals surface area contributed by atoms with Gasteiger partial charge in [0, 0.05) is 6.04 Å². The van der Waals surface area contributed by atoms with E-state index in [1.165, 1.54) is 0 Å². The minimum absolute atomic E-state index is 0.176. The Hall–Kier alpha value is -0.610. The van der Waals surface area contributed by atoms with Crippen molar-refractivity contribution in [1.82, 2.24) is 0 Å². The summed E-state index contributed by atoms with van der Waals surface area (Å²) in [6.07, 6.45) is 4.75. The van der Waals surface area contributed by atoms with Crippen LogP contribution in [0.3, 0.4) is 0 Å². The second-order valence-electron chi connectivity index (χ2n) is 3.96. The first-order valence-electron chi connectivity index (χ1n) is 5.75. The van der Waals surface area contributed by atoms with E-state index in [4.69, 9.17) is 15.2 Å². The Morgan fingerprint density at radius 2 is 2.00 bits per heavy atom. The first-order valence-corrected chi connectivity index (χ1v) is 5.75. The molecule has 0 aromatic carbocycles. The predicted molar refractivity (Wildman–Crippen MR) is 57.4 cm³/mol. The van der Waals surface area contributed by atoms with Crippen LogP contribution in [0.2, 0.25) is 0 Å². The monoisotopic (exact) mass is 215 g/mol. The highest BCUT2D eigenvalue weighted by Gasteiger charge is 2.18. The third-order valence-electron chi connectivity index (χ3n) is 2.68. The highest BCUT2D eigenvalue weighted by molar-refractivity contribution is 5.69. The van der Waals surface area contributed by atoms with Crippen molar-refractivity contribution in [3.63, 3.8) is 0 Å². The van der Waals surface area contributed by atoms with Gasteiger partial charge in [-0.1, -0.05) is 0 Å². The summed E-state index contributed by atoms with van der Waals surface area (Å²) in [7, 11) is 0. The van der Waals surface area contributed by atoms with Gasteiger partial charge in [-0.2, -0.15) is 0 Å². The quantitative estimate of drug-likeness (QED) is 0.701. The molecule has 0 aromatic heterocycles. The van der Waals surface area contributed by atoms with Crippen molar-refractivity contribution < 1.29 is 14.3 Å². The molecule has 2 N–H and O–H groups in total. The van der Waals surface area contributed by atoms with Crippen LogP contribution in [0.1, 0.15) is 39.0 Å². The van der Waals surface area contributed by atoms with E-state index in [0.717, 1.165) is 25.7 Å². The zero-order chi connectivity index (χ0) is 11.1. The number of hydrogen-bond donors (Lipinski definition) is 1. The van der Waals surface area contributed by atoms with Crippen molar-refractivity contribution in [2.45, 2.75) is 51.2 Å². The number of carbonyl (C=O) groups excluding carboxylic acids is 1. The van der Waals surface area contributed by atoms with Gasteiger partial charge in [0.15, 0.2) is 0 Å². The van der Waals surface area contributed by atoms with Crippen LogP contribution in [0.15, 0.2) is 0 Å². The molecule has 0 radical (unpaired) electrons. The fraction of sp³-hybridized carbons (Fsp3) is 0.909. The van der Waals surface area contributed by atoms with Gasteiger partial charge < -0.3 is 15.2 Å². The maximum atomic E-state index is 11.0. The van der Waals surface area contributed by atoms with E-state index >= 15 is 0 Å². The molecular formula is C11H21NO3. The lowest BCUT2D eigenvalue weighted by Crippen LogP contribution is -2.30. The minimum atomic E-state index is -0.176. The van der Waals surface area contributed by atoms with Crippen molar-refractivity contribution in [3.8, 4) is 0 Å². The molecule has 0 aromatic rings.